The van der Waals surface area contributed by atoms with Crippen LogP contribution in [-0.2, 0) is 9.53 Å². The smallest absolute Gasteiger partial charge is 0.219 e. The maximum atomic E-state index is 11.3. The molecular weight excluding hydrogens is 228 g/mol. The molecule has 0 aromatic rings. The number of amides is 1. The molecular formula is C14H26N2O2. The van der Waals surface area contributed by atoms with Crippen molar-refractivity contribution in [2.24, 2.45) is 5.41 Å². The Morgan fingerprint density at radius 3 is 2.39 bits per heavy atom. The highest BCUT2D eigenvalue weighted by molar-refractivity contribution is 5.73. The Labute approximate surface area is 110 Å². The van der Waals surface area contributed by atoms with Gasteiger partial charge in [-0.2, -0.15) is 0 Å². The summed E-state index contributed by atoms with van der Waals surface area (Å²) in [7, 11) is 1.80. The van der Waals surface area contributed by atoms with E-state index in [0.29, 0.717) is 18.2 Å². The highest BCUT2D eigenvalue weighted by Gasteiger charge is 2.49. The van der Waals surface area contributed by atoms with Gasteiger partial charge in [-0.25, -0.2) is 0 Å². The Balaban J connectivity index is 1.78. The molecule has 0 bridgehead atoms. The third-order valence-corrected chi connectivity index (χ3v) is 4.84. The van der Waals surface area contributed by atoms with Crippen molar-refractivity contribution in [2.75, 3.05) is 20.2 Å². The third-order valence-electron chi connectivity index (χ3n) is 4.84. The lowest BCUT2D eigenvalue weighted by Gasteiger charge is -2.53. The highest BCUT2D eigenvalue weighted by Crippen LogP contribution is 2.42. The van der Waals surface area contributed by atoms with Gasteiger partial charge in [0.2, 0.25) is 5.91 Å². The van der Waals surface area contributed by atoms with Crippen molar-refractivity contribution in [3.63, 3.8) is 0 Å². The number of hydrogen-bond acceptors (Lipinski definition) is 3. The molecule has 2 atom stereocenters. The van der Waals surface area contributed by atoms with Gasteiger partial charge in [0.25, 0.3) is 0 Å². The first-order valence-electron chi connectivity index (χ1n) is 6.99. The average Bonchev–Trinajstić information content (AvgIpc) is 2.34. The molecule has 1 saturated carbocycles. The van der Waals surface area contributed by atoms with Crippen LogP contribution in [0.2, 0.25) is 0 Å². The zero-order chi connectivity index (χ0) is 13.3. The van der Waals surface area contributed by atoms with E-state index in [1.807, 2.05) is 4.90 Å². The van der Waals surface area contributed by atoms with Gasteiger partial charge in [-0.05, 0) is 19.3 Å². The maximum Gasteiger partial charge on any atom is 0.219 e. The number of piperidine rings is 1. The molecule has 104 valence electrons. The van der Waals surface area contributed by atoms with Crippen molar-refractivity contribution in [1.29, 1.82) is 0 Å². The number of ether oxygens (including phenoxy) is 1. The summed E-state index contributed by atoms with van der Waals surface area (Å²) in [4.78, 5) is 13.2. The molecule has 1 amide bonds. The van der Waals surface area contributed by atoms with Crippen LogP contribution in [0.15, 0.2) is 0 Å². The van der Waals surface area contributed by atoms with Crippen LogP contribution in [-0.4, -0.2) is 49.2 Å². The van der Waals surface area contributed by atoms with Gasteiger partial charge in [-0.15, -0.1) is 0 Å². The van der Waals surface area contributed by atoms with E-state index in [2.05, 4.69) is 19.2 Å². The lowest BCUT2D eigenvalue weighted by Crippen LogP contribution is -2.63. The van der Waals surface area contributed by atoms with Crippen molar-refractivity contribution in [1.82, 2.24) is 10.2 Å². The predicted octanol–water partition coefficient (Wildman–Crippen LogP) is 1.40. The number of methoxy groups -OCH3 is 1. The van der Waals surface area contributed by atoms with Gasteiger partial charge in [0.1, 0.15) is 0 Å². The Morgan fingerprint density at radius 2 is 1.94 bits per heavy atom. The van der Waals surface area contributed by atoms with Gasteiger partial charge in [-0.1, -0.05) is 13.8 Å². The van der Waals surface area contributed by atoms with Crippen LogP contribution in [0.4, 0.5) is 0 Å². The Kier molecular flexibility index (Phi) is 3.97. The molecule has 1 aliphatic carbocycles. The monoisotopic (exact) mass is 254 g/mol. The SMILES string of the molecule is COC1CC(NC2CCN(C(C)=O)CC2)C1(C)C. The number of nitrogens with one attached hydrogen (secondary N) is 1. The standard InChI is InChI=1S/C14H26N2O2/c1-10(17)16-7-5-11(6-8-16)15-12-9-13(18-4)14(12,2)3/h11-13,15H,5-9H2,1-4H3. The Morgan fingerprint density at radius 1 is 1.33 bits per heavy atom. The van der Waals surface area contributed by atoms with Crippen molar-refractivity contribution in [3.05, 3.63) is 0 Å². The van der Waals surface area contributed by atoms with E-state index >= 15 is 0 Å². The summed E-state index contributed by atoms with van der Waals surface area (Å²) in [5.41, 5.74) is 0.229. The zero-order valence-electron chi connectivity index (χ0n) is 12.0. The van der Waals surface area contributed by atoms with Gasteiger partial charge >= 0.3 is 0 Å². The number of carbonyl (C=O) groups is 1. The van der Waals surface area contributed by atoms with E-state index in [1.165, 1.54) is 0 Å². The van der Waals surface area contributed by atoms with E-state index < -0.39 is 0 Å². The number of carbonyl (C=O) groups excluding carboxylic acids is 1. The molecule has 0 aromatic heterocycles. The van der Waals surface area contributed by atoms with Crippen molar-refractivity contribution >= 4 is 5.91 Å². The lowest BCUT2D eigenvalue weighted by molar-refractivity contribution is -0.130. The van der Waals surface area contributed by atoms with Crippen molar-refractivity contribution in [3.8, 4) is 0 Å². The first-order chi connectivity index (χ1) is 8.45. The second-order valence-electron chi connectivity index (χ2n) is 6.28. The molecule has 2 unspecified atom stereocenters. The van der Waals surface area contributed by atoms with E-state index in [-0.39, 0.29) is 11.3 Å². The number of likely N-dealkylation sites (tertiary alicyclic amines) is 1. The van der Waals surface area contributed by atoms with Gasteiger partial charge in [0.15, 0.2) is 0 Å². The Hall–Kier alpha value is -0.610. The van der Waals surface area contributed by atoms with Crippen molar-refractivity contribution < 1.29 is 9.53 Å². The second kappa shape index (κ2) is 5.17. The quantitative estimate of drug-likeness (QED) is 0.828. The molecule has 0 aromatic carbocycles. The van der Waals surface area contributed by atoms with Gasteiger partial charge < -0.3 is 15.0 Å². The summed E-state index contributed by atoms with van der Waals surface area (Å²) in [6.07, 6.45) is 3.64. The molecule has 0 spiro atoms. The molecule has 2 fully saturated rings. The molecule has 1 saturated heterocycles. The molecule has 18 heavy (non-hydrogen) atoms. The molecule has 2 aliphatic rings. The summed E-state index contributed by atoms with van der Waals surface area (Å²) in [6, 6.07) is 1.11. The maximum absolute atomic E-state index is 11.3. The van der Waals surface area contributed by atoms with Crippen LogP contribution >= 0.6 is 0 Å². The first-order valence-corrected chi connectivity index (χ1v) is 6.99. The minimum Gasteiger partial charge on any atom is -0.381 e. The summed E-state index contributed by atoms with van der Waals surface area (Å²) >= 11 is 0. The minimum atomic E-state index is 0.205. The van der Waals surface area contributed by atoms with Crippen LogP contribution in [0.3, 0.4) is 0 Å². The number of hydrogen-bond donors (Lipinski definition) is 1. The third kappa shape index (κ3) is 2.54. The molecule has 0 radical (unpaired) electrons. The van der Waals surface area contributed by atoms with Gasteiger partial charge in [-0.3, -0.25) is 4.79 Å². The van der Waals surface area contributed by atoms with Crippen LogP contribution in [0.25, 0.3) is 0 Å². The summed E-state index contributed by atoms with van der Waals surface area (Å²) in [5, 5.41) is 3.75. The van der Waals surface area contributed by atoms with E-state index in [4.69, 9.17) is 4.74 Å². The van der Waals surface area contributed by atoms with Crippen molar-refractivity contribution in [2.45, 2.75) is 58.2 Å². The fourth-order valence-corrected chi connectivity index (χ4v) is 3.21. The fourth-order valence-electron chi connectivity index (χ4n) is 3.21. The lowest BCUT2D eigenvalue weighted by atomic mass is 9.64. The molecule has 1 aliphatic heterocycles. The van der Waals surface area contributed by atoms with Gasteiger partial charge in [0.05, 0.1) is 6.10 Å². The first kappa shape index (κ1) is 13.8. The van der Waals surface area contributed by atoms with E-state index in [1.54, 1.807) is 14.0 Å². The predicted molar refractivity (Wildman–Crippen MR) is 71.4 cm³/mol. The number of rotatable bonds is 3. The van der Waals surface area contributed by atoms with Crippen LogP contribution in [0.5, 0.6) is 0 Å². The second-order valence-corrected chi connectivity index (χ2v) is 6.28. The molecule has 4 heteroatoms. The van der Waals surface area contributed by atoms with Crippen LogP contribution < -0.4 is 5.32 Å². The van der Waals surface area contributed by atoms with Crippen LogP contribution in [0, 0.1) is 5.41 Å². The normalized spacial score (nSPS) is 32.1. The van der Waals surface area contributed by atoms with E-state index in [0.717, 1.165) is 32.4 Å². The van der Waals surface area contributed by atoms with Gasteiger partial charge in [0, 0.05) is 44.6 Å². The highest BCUT2D eigenvalue weighted by atomic mass is 16.5. The molecule has 2 rings (SSSR count). The molecule has 4 nitrogen and oxygen atoms in total. The molecule has 1 heterocycles. The fraction of sp³-hybridized carbons (Fsp3) is 0.929. The van der Waals surface area contributed by atoms with Crippen LogP contribution in [0.1, 0.15) is 40.0 Å². The Bertz CT molecular complexity index is 309. The summed E-state index contributed by atoms with van der Waals surface area (Å²) in [6.45, 7) is 7.99. The average molecular weight is 254 g/mol. The summed E-state index contributed by atoms with van der Waals surface area (Å²) in [5.74, 6) is 0.205. The largest absolute Gasteiger partial charge is 0.381 e. The zero-order valence-corrected chi connectivity index (χ0v) is 12.0. The van der Waals surface area contributed by atoms with E-state index in [9.17, 15) is 4.79 Å². The number of nitrogens with zero attached hydrogens (tertiary/aromatic N) is 1. The minimum absolute atomic E-state index is 0.205. The summed E-state index contributed by atoms with van der Waals surface area (Å²) < 4.78 is 5.48. The molecule has 1 N–H and O–H groups in total. The topological polar surface area (TPSA) is 41.6 Å².